The number of rotatable bonds is 4. The molecule has 1 aromatic heterocycles. The monoisotopic (exact) mass is 183 g/mol. The van der Waals surface area contributed by atoms with E-state index in [0.29, 0.717) is 19.0 Å². The zero-order valence-electron chi connectivity index (χ0n) is 8.23. The average molecular weight is 183 g/mol. The van der Waals surface area contributed by atoms with Crippen molar-refractivity contribution < 1.29 is 0 Å². The van der Waals surface area contributed by atoms with Gasteiger partial charge in [0.25, 0.3) is 0 Å². The van der Waals surface area contributed by atoms with Gasteiger partial charge in [-0.05, 0) is 19.4 Å². The topological polar surface area (TPSA) is 52.9 Å². The number of aromatic nitrogens is 2. The molecule has 0 aliphatic rings. The quantitative estimate of drug-likeness (QED) is 0.728. The van der Waals surface area contributed by atoms with Gasteiger partial charge in [0.1, 0.15) is 0 Å². The lowest BCUT2D eigenvalue weighted by atomic mass is 10.2. The van der Waals surface area contributed by atoms with Crippen LogP contribution in [-0.2, 0) is 13.1 Å². The molecule has 0 radical (unpaired) electrons. The Hall–Kier alpha value is -1.03. The van der Waals surface area contributed by atoms with E-state index in [9.17, 15) is 4.79 Å². The molecule has 0 amide bonds. The zero-order chi connectivity index (χ0) is 9.84. The van der Waals surface area contributed by atoms with E-state index in [0.717, 1.165) is 6.54 Å². The van der Waals surface area contributed by atoms with Gasteiger partial charge in [0, 0.05) is 25.5 Å². The average Bonchev–Trinajstić information content (AvgIpc) is 2.48. The summed E-state index contributed by atoms with van der Waals surface area (Å²) in [5.41, 5.74) is 5.55. The fraction of sp³-hybridized carbons (Fsp3) is 0.667. The normalized spacial score (nSPS) is 13.2. The van der Waals surface area contributed by atoms with Crippen LogP contribution in [0.2, 0.25) is 0 Å². The first kappa shape index (κ1) is 10.1. The van der Waals surface area contributed by atoms with E-state index in [1.165, 1.54) is 0 Å². The summed E-state index contributed by atoms with van der Waals surface area (Å²) in [6.07, 6.45) is 3.63. The van der Waals surface area contributed by atoms with Gasteiger partial charge in [-0.15, -0.1) is 0 Å². The van der Waals surface area contributed by atoms with Crippen molar-refractivity contribution in [1.82, 2.24) is 9.13 Å². The predicted molar refractivity (Wildman–Crippen MR) is 52.6 cm³/mol. The summed E-state index contributed by atoms with van der Waals surface area (Å²) >= 11 is 0. The van der Waals surface area contributed by atoms with Crippen LogP contribution in [0.4, 0.5) is 0 Å². The first-order valence-corrected chi connectivity index (χ1v) is 4.64. The highest BCUT2D eigenvalue weighted by Gasteiger charge is 2.04. The molecule has 0 saturated carbocycles. The molecule has 4 heteroatoms. The summed E-state index contributed by atoms with van der Waals surface area (Å²) < 4.78 is 3.39. The molecule has 1 atom stereocenters. The number of hydrogen-bond donors (Lipinski definition) is 1. The van der Waals surface area contributed by atoms with Crippen LogP contribution in [0.15, 0.2) is 17.2 Å². The molecule has 1 unspecified atom stereocenters. The summed E-state index contributed by atoms with van der Waals surface area (Å²) in [5.74, 6) is 0.352. The summed E-state index contributed by atoms with van der Waals surface area (Å²) in [5, 5.41) is 0. The second-order valence-electron chi connectivity index (χ2n) is 3.36. The van der Waals surface area contributed by atoms with Gasteiger partial charge in [0.2, 0.25) is 0 Å². The molecule has 74 valence electrons. The SMILES string of the molecule is CCn1ccn(CC(C)CN)c1=O. The molecule has 0 aromatic carbocycles. The molecule has 0 bridgehead atoms. The highest BCUT2D eigenvalue weighted by Crippen LogP contribution is 1.95. The Bertz CT molecular complexity index is 313. The highest BCUT2D eigenvalue weighted by atomic mass is 16.1. The molecular formula is C9H17N3O. The maximum atomic E-state index is 11.5. The van der Waals surface area contributed by atoms with Gasteiger partial charge < -0.3 is 5.73 Å². The van der Waals surface area contributed by atoms with Crippen LogP contribution >= 0.6 is 0 Å². The smallest absolute Gasteiger partial charge is 0.328 e. The van der Waals surface area contributed by atoms with Gasteiger partial charge in [0.15, 0.2) is 0 Å². The Morgan fingerprint density at radius 1 is 1.46 bits per heavy atom. The van der Waals surface area contributed by atoms with Crippen LogP contribution < -0.4 is 11.4 Å². The van der Waals surface area contributed by atoms with Crippen molar-refractivity contribution in [2.45, 2.75) is 26.9 Å². The van der Waals surface area contributed by atoms with Crippen molar-refractivity contribution in [2.75, 3.05) is 6.54 Å². The van der Waals surface area contributed by atoms with E-state index in [1.807, 2.05) is 26.2 Å². The van der Waals surface area contributed by atoms with E-state index in [4.69, 9.17) is 5.73 Å². The number of aryl methyl sites for hydroxylation is 1. The van der Waals surface area contributed by atoms with E-state index < -0.39 is 0 Å². The zero-order valence-corrected chi connectivity index (χ0v) is 8.23. The summed E-state index contributed by atoms with van der Waals surface area (Å²) in [6, 6.07) is 0. The van der Waals surface area contributed by atoms with Gasteiger partial charge in [-0.1, -0.05) is 6.92 Å². The van der Waals surface area contributed by atoms with Gasteiger partial charge in [-0.2, -0.15) is 0 Å². The van der Waals surface area contributed by atoms with Crippen LogP contribution in [0.5, 0.6) is 0 Å². The highest BCUT2D eigenvalue weighted by molar-refractivity contribution is 4.81. The number of hydrogen-bond acceptors (Lipinski definition) is 2. The van der Waals surface area contributed by atoms with Crippen molar-refractivity contribution in [2.24, 2.45) is 11.7 Å². The third-order valence-corrected chi connectivity index (χ3v) is 2.17. The second-order valence-corrected chi connectivity index (χ2v) is 3.36. The van der Waals surface area contributed by atoms with Crippen LogP contribution in [0.1, 0.15) is 13.8 Å². The van der Waals surface area contributed by atoms with Crippen LogP contribution in [0.3, 0.4) is 0 Å². The third-order valence-electron chi connectivity index (χ3n) is 2.17. The van der Waals surface area contributed by atoms with Crippen molar-refractivity contribution in [3.05, 3.63) is 22.9 Å². The largest absolute Gasteiger partial charge is 0.330 e. The lowest BCUT2D eigenvalue weighted by molar-refractivity contribution is 0.476. The van der Waals surface area contributed by atoms with Gasteiger partial charge >= 0.3 is 5.69 Å². The van der Waals surface area contributed by atoms with Crippen molar-refractivity contribution in [3.8, 4) is 0 Å². The minimum atomic E-state index is 0.0581. The van der Waals surface area contributed by atoms with Crippen LogP contribution in [0.25, 0.3) is 0 Å². The Balaban J connectivity index is 2.78. The Labute approximate surface area is 78.0 Å². The Morgan fingerprint density at radius 3 is 2.54 bits per heavy atom. The molecule has 0 fully saturated rings. The first-order chi connectivity index (χ1) is 6.19. The molecular weight excluding hydrogens is 166 g/mol. The van der Waals surface area contributed by atoms with E-state index in [2.05, 4.69) is 0 Å². The van der Waals surface area contributed by atoms with Crippen LogP contribution in [0, 0.1) is 5.92 Å². The maximum Gasteiger partial charge on any atom is 0.328 e. The Kier molecular flexibility index (Phi) is 3.31. The molecule has 0 spiro atoms. The van der Waals surface area contributed by atoms with Crippen molar-refractivity contribution >= 4 is 0 Å². The predicted octanol–water partition coefficient (Wildman–Crippen LogP) is 0.264. The van der Waals surface area contributed by atoms with Gasteiger partial charge in [-0.25, -0.2) is 4.79 Å². The fourth-order valence-electron chi connectivity index (χ4n) is 1.24. The van der Waals surface area contributed by atoms with Crippen molar-refractivity contribution in [1.29, 1.82) is 0 Å². The molecule has 1 rings (SSSR count). The van der Waals surface area contributed by atoms with Crippen molar-refractivity contribution in [3.63, 3.8) is 0 Å². The summed E-state index contributed by atoms with van der Waals surface area (Å²) in [7, 11) is 0. The summed E-state index contributed by atoms with van der Waals surface area (Å²) in [4.78, 5) is 11.5. The maximum absolute atomic E-state index is 11.5. The van der Waals surface area contributed by atoms with Crippen LogP contribution in [-0.4, -0.2) is 15.7 Å². The molecule has 0 aliphatic carbocycles. The van der Waals surface area contributed by atoms with E-state index in [1.54, 1.807) is 9.13 Å². The molecule has 4 nitrogen and oxygen atoms in total. The van der Waals surface area contributed by atoms with Gasteiger partial charge in [-0.3, -0.25) is 9.13 Å². The third kappa shape index (κ3) is 2.21. The number of nitrogens with two attached hydrogens (primary N) is 1. The molecule has 0 aliphatic heterocycles. The van der Waals surface area contributed by atoms with Gasteiger partial charge in [0.05, 0.1) is 0 Å². The molecule has 2 N–H and O–H groups in total. The molecule has 13 heavy (non-hydrogen) atoms. The minimum absolute atomic E-state index is 0.0581. The molecule has 1 aromatic rings. The standard InChI is InChI=1S/C9H17N3O/c1-3-11-4-5-12(9(11)13)7-8(2)6-10/h4-5,8H,3,6-7,10H2,1-2H3. The molecule has 1 heterocycles. The minimum Gasteiger partial charge on any atom is -0.330 e. The first-order valence-electron chi connectivity index (χ1n) is 4.64. The van der Waals surface area contributed by atoms with E-state index in [-0.39, 0.29) is 5.69 Å². The lowest BCUT2D eigenvalue weighted by Crippen LogP contribution is -2.27. The number of nitrogens with zero attached hydrogens (tertiary/aromatic N) is 2. The second kappa shape index (κ2) is 4.28. The molecule has 0 saturated heterocycles. The lowest BCUT2D eigenvalue weighted by Gasteiger charge is -2.07. The summed E-state index contributed by atoms with van der Waals surface area (Å²) in [6.45, 7) is 6.04. The van der Waals surface area contributed by atoms with E-state index >= 15 is 0 Å². The fourth-order valence-corrected chi connectivity index (χ4v) is 1.24. The number of imidazole rings is 1. The Morgan fingerprint density at radius 2 is 2.08 bits per heavy atom.